The number of aliphatic imine (C=N–C) groups is 1. The van der Waals surface area contributed by atoms with Gasteiger partial charge in [0.2, 0.25) is 5.88 Å². The van der Waals surface area contributed by atoms with E-state index in [1.165, 1.54) is 6.92 Å². The molecule has 2 aliphatic heterocycles. The number of nitrogens with one attached hydrogen (secondary N) is 1. The highest BCUT2D eigenvalue weighted by molar-refractivity contribution is 8.26. The molecule has 5 N–H and O–H groups in total. The Morgan fingerprint density at radius 2 is 2.03 bits per heavy atom. The second-order valence-electron chi connectivity index (χ2n) is 9.58. The number of aromatic nitrogens is 2. The van der Waals surface area contributed by atoms with E-state index >= 15 is 0 Å². The van der Waals surface area contributed by atoms with Gasteiger partial charge in [0.1, 0.15) is 27.6 Å². The van der Waals surface area contributed by atoms with E-state index in [4.69, 9.17) is 15.5 Å². The van der Waals surface area contributed by atoms with Crippen LogP contribution in [0.25, 0.3) is 0 Å². The summed E-state index contributed by atoms with van der Waals surface area (Å²) in [4.78, 5) is 25.4. The van der Waals surface area contributed by atoms with E-state index in [-0.39, 0.29) is 29.7 Å². The molecule has 2 aliphatic rings. The average molecular weight is 544 g/mol. The molecule has 10 nitrogen and oxygen atoms in total. The highest BCUT2D eigenvalue weighted by Gasteiger charge is 2.57. The van der Waals surface area contributed by atoms with Crippen molar-refractivity contribution in [1.29, 1.82) is 0 Å². The smallest absolute Gasteiger partial charge is 0.422 e. The van der Waals surface area contributed by atoms with E-state index in [1.54, 1.807) is 39.0 Å². The molecule has 14 heteroatoms. The van der Waals surface area contributed by atoms with Crippen LogP contribution in [0.3, 0.4) is 0 Å². The van der Waals surface area contributed by atoms with Crippen LogP contribution >= 0.6 is 10.6 Å². The van der Waals surface area contributed by atoms with E-state index in [0.717, 1.165) is 6.20 Å². The summed E-state index contributed by atoms with van der Waals surface area (Å²) in [5.41, 5.74) is 5.89. The third kappa shape index (κ3) is 4.80. The number of hydrogen-bond acceptors (Lipinski definition) is 9. The lowest BCUT2D eigenvalue weighted by atomic mass is 9.86. The molecule has 1 amide bonds. The second-order valence-corrected chi connectivity index (χ2v) is 12.4. The molecule has 4 rings (SSSR count). The Labute approximate surface area is 212 Å². The van der Waals surface area contributed by atoms with E-state index in [1.807, 2.05) is 0 Å². The van der Waals surface area contributed by atoms with Crippen molar-refractivity contribution in [3.63, 3.8) is 0 Å². The Hall–Kier alpha value is -3.10. The number of fused-ring (bicyclic) bond motifs is 3. The molecule has 0 spiro atoms. The summed E-state index contributed by atoms with van der Waals surface area (Å²) in [6, 6.07) is 4.87. The van der Waals surface area contributed by atoms with Crippen LogP contribution in [0.5, 0.6) is 11.6 Å². The first-order valence-electron chi connectivity index (χ1n) is 11.3. The van der Waals surface area contributed by atoms with Gasteiger partial charge in [0.05, 0.1) is 23.7 Å². The zero-order chi connectivity index (χ0) is 27.4. The maximum atomic E-state index is 12.9. The number of benzene rings is 1. The molecule has 1 aromatic heterocycles. The van der Waals surface area contributed by atoms with Crippen molar-refractivity contribution in [1.82, 2.24) is 9.97 Å². The highest BCUT2D eigenvalue weighted by Crippen LogP contribution is 2.66. The third-order valence-electron chi connectivity index (χ3n) is 6.69. The maximum Gasteiger partial charge on any atom is 0.422 e. The van der Waals surface area contributed by atoms with Gasteiger partial charge in [0, 0.05) is 17.7 Å². The minimum Gasteiger partial charge on any atom is -0.493 e. The Bertz CT molecular complexity index is 1270. The summed E-state index contributed by atoms with van der Waals surface area (Å²) >= 11 is 0. The van der Waals surface area contributed by atoms with Gasteiger partial charge in [-0.2, -0.15) is 23.8 Å². The molecular weight excluding hydrogens is 515 g/mol. The largest absolute Gasteiger partial charge is 0.493 e. The van der Waals surface area contributed by atoms with Gasteiger partial charge in [0.15, 0.2) is 6.61 Å². The highest BCUT2D eigenvalue weighted by atomic mass is 32.3. The number of alkyl halides is 3. The van der Waals surface area contributed by atoms with Crippen LogP contribution < -0.4 is 20.5 Å². The molecule has 1 aromatic carbocycles. The lowest BCUT2D eigenvalue weighted by molar-refractivity contribution is -0.154. The molecule has 0 saturated heterocycles. The predicted octanol–water partition coefficient (Wildman–Crippen LogP) is 4.24. The normalized spacial score (nSPS) is 24.9. The fourth-order valence-corrected chi connectivity index (χ4v) is 6.78. The summed E-state index contributed by atoms with van der Waals surface area (Å²) in [5.74, 6) is -0.438. The molecule has 0 fully saturated rings. The number of amidine groups is 1. The fraction of sp³-hybridized carbons (Fsp3) is 0.478. The van der Waals surface area contributed by atoms with Crippen LogP contribution in [0.4, 0.5) is 18.9 Å². The summed E-state index contributed by atoms with van der Waals surface area (Å²) in [7, 11) is -3.26. The van der Waals surface area contributed by atoms with E-state index in [0.29, 0.717) is 23.4 Å². The second kappa shape index (κ2) is 9.03. The summed E-state index contributed by atoms with van der Waals surface area (Å²) in [6.07, 6.45) is -3.27. The van der Waals surface area contributed by atoms with Crippen LogP contribution in [-0.4, -0.2) is 60.2 Å². The predicted molar refractivity (Wildman–Crippen MR) is 133 cm³/mol. The molecule has 0 saturated carbocycles. The number of ether oxygens (including phenoxy) is 2. The number of halogens is 3. The monoisotopic (exact) mass is 543 g/mol. The van der Waals surface area contributed by atoms with Crippen LogP contribution in [-0.2, 0) is 5.54 Å². The molecule has 2 aromatic rings. The van der Waals surface area contributed by atoms with Crippen LogP contribution in [0.1, 0.15) is 48.9 Å². The number of rotatable bonds is 4. The van der Waals surface area contributed by atoms with E-state index in [2.05, 4.69) is 20.0 Å². The topological polar surface area (TPSA) is 152 Å². The molecular formula is C23H28F3N5O5S. The van der Waals surface area contributed by atoms with Crippen molar-refractivity contribution in [2.45, 2.75) is 55.8 Å². The van der Waals surface area contributed by atoms with Gasteiger partial charge in [-0.15, -0.1) is 0 Å². The van der Waals surface area contributed by atoms with Gasteiger partial charge in [-0.25, -0.2) is 9.97 Å². The number of hydrogen-bond donors (Lipinski definition) is 4. The lowest BCUT2D eigenvalue weighted by Crippen LogP contribution is -2.56. The molecule has 3 heterocycles. The van der Waals surface area contributed by atoms with Gasteiger partial charge in [-0.1, -0.05) is 0 Å². The molecule has 0 radical (unpaired) electrons. The number of carbonyl (C=O) groups is 1. The van der Waals surface area contributed by atoms with Gasteiger partial charge in [-0.05, 0) is 45.9 Å². The molecule has 0 aliphatic carbocycles. The molecule has 37 heavy (non-hydrogen) atoms. The number of nitrogens with two attached hydrogens (primary N) is 1. The first-order chi connectivity index (χ1) is 17.1. The zero-order valence-electron chi connectivity index (χ0n) is 20.6. The van der Waals surface area contributed by atoms with Crippen molar-refractivity contribution in [3.8, 4) is 11.6 Å². The van der Waals surface area contributed by atoms with Gasteiger partial charge in [0.25, 0.3) is 5.91 Å². The maximum absolute atomic E-state index is 12.9. The van der Waals surface area contributed by atoms with Crippen LogP contribution in [0.15, 0.2) is 29.4 Å². The Morgan fingerprint density at radius 1 is 1.32 bits per heavy atom. The number of anilines is 1. The van der Waals surface area contributed by atoms with Crippen LogP contribution in [0, 0.1) is 6.92 Å². The summed E-state index contributed by atoms with van der Waals surface area (Å²) in [6.45, 7) is 5.17. The lowest BCUT2D eigenvalue weighted by Gasteiger charge is -2.58. The Balaban J connectivity index is 1.64. The van der Waals surface area contributed by atoms with Gasteiger partial charge >= 0.3 is 6.18 Å². The zero-order valence-corrected chi connectivity index (χ0v) is 21.4. The fourth-order valence-electron chi connectivity index (χ4n) is 4.47. The SMILES string of the molecule is Cc1nc(OCC(F)(F)F)cnc1C(=O)Nc1ccc2c(c1)[C@@]1(C)N=C(N)C(C)(C)S(O)(O)[C@@H]1CCO2. The number of amides is 1. The van der Waals surface area contributed by atoms with Crippen molar-refractivity contribution in [3.05, 3.63) is 41.3 Å². The minimum atomic E-state index is -4.54. The van der Waals surface area contributed by atoms with E-state index < -0.39 is 44.8 Å². The van der Waals surface area contributed by atoms with Crippen molar-refractivity contribution < 1.29 is 36.5 Å². The number of aryl methyl sites for hydroxylation is 1. The summed E-state index contributed by atoms with van der Waals surface area (Å²) in [5, 5.41) is 2.00. The quantitative estimate of drug-likeness (QED) is 0.447. The minimum absolute atomic E-state index is 0.0723. The first-order valence-corrected chi connectivity index (χ1v) is 12.9. The van der Waals surface area contributed by atoms with Crippen molar-refractivity contribution >= 4 is 28.0 Å². The molecule has 2 atom stereocenters. The molecule has 0 bridgehead atoms. The third-order valence-corrected chi connectivity index (χ3v) is 9.89. The molecule has 0 unspecified atom stereocenters. The van der Waals surface area contributed by atoms with Gasteiger partial charge in [-0.3, -0.25) is 18.9 Å². The number of carbonyl (C=O) groups excluding carboxylic acids is 1. The standard InChI is InChI=1S/C23H28F3N5O5S/c1-12-18(28-10-17(29-12)36-11-23(24,25)26)19(32)30-13-5-6-15-14(9-13)22(4)16(7-8-35-15)37(33,34)21(2,3)20(27)31-22/h5-6,9-10,16,33-34H,7-8,11H2,1-4H3,(H2,27,31)(H,30,32)/t16-,22-/m1/s1. The van der Waals surface area contributed by atoms with Gasteiger partial charge < -0.3 is 20.5 Å². The van der Waals surface area contributed by atoms with Crippen LogP contribution in [0.2, 0.25) is 0 Å². The average Bonchev–Trinajstić information content (AvgIpc) is 2.93. The Kier molecular flexibility index (Phi) is 6.57. The Morgan fingerprint density at radius 3 is 2.68 bits per heavy atom. The number of nitrogens with zero attached hydrogens (tertiary/aromatic N) is 3. The molecule has 202 valence electrons. The van der Waals surface area contributed by atoms with E-state index in [9.17, 15) is 27.1 Å². The summed E-state index contributed by atoms with van der Waals surface area (Å²) < 4.78 is 69.0. The van der Waals surface area contributed by atoms with Crippen molar-refractivity contribution in [2.24, 2.45) is 10.7 Å². The first kappa shape index (κ1) is 26.9. The van der Waals surface area contributed by atoms with Crippen molar-refractivity contribution in [2.75, 3.05) is 18.5 Å².